The zero-order valence-electron chi connectivity index (χ0n) is 15.7. The number of anilines is 1. The van der Waals surface area contributed by atoms with Crippen LogP contribution in [0.1, 0.15) is 16.1 Å². The number of nitrogens with one attached hydrogen (secondary N) is 1. The molecule has 3 aromatic carbocycles. The molecule has 0 aliphatic heterocycles. The zero-order valence-corrected chi connectivity index (χ0v) is 17.2. The second kappa shape index (κ2) is 8.16. The van der Waals surface area contributed by atoms with E-state index in [-0.39, 0.29) is 5.91 Å². The van der Waals surface area contributed by atoms with Crippen LogP contribution in [0.3, 0.4) is 0 Å². The number of carbonyl (C=O) groups excluding carboxylic acids is 1. The molecule has 4 aromatic rings. The van der Waals surface area contributed by atoms with Crippen molar-refractivity contribution in [3.63, 3.8) is 0 Å². The van der Waals surface area contributed by atoms with Crippen LogP contribution in [-0.2, 0) is 0 Å². The molecule has 0 atom stereocenters. The predicted molar refractivity (Wildman–Crippen MR) is 120 cm³/mol. The summed E-state index contributed by atoms with van der Waals surface area (Å²) in [5.74, 6) is -0.179. The normalized spacial score (nSPS) is 10.7. The molecule has 4 rings (SSSR count). The number of halogens is 2. The summed E-state index contributed by atoms with van der Waals surface area (Å²) < 4.78 is 2.07. The lowest BCUT2D eigenvalue weighted by molar-refractivity contribution is 0.102. The first-order valence-corrected chi connectivity index (χ1v) is 9.89. The largest absolute Gasteiger partial charge is 0.322 e. The first kappa shape index (κ1) is 19.3. The van der Waals surface area contributed by atoms with Crippen molar-refractivity contribution in [2.75, 3.05) is 5.32 Å². The third kappa shape index (κ3) is 4.07. The van der Waals surface area contributed by atoms with Gasteiger partial charge in [0.2, 0.25) is 0 Å². The SMILES string of the molecule is Cc1cc(C(=O)Nc2ccc(Cl)cc2)c(-c2ccccc2)n1-c1ccc(Cl)cc1. The van der Waals surface area contributed by atoms with Crippen LogP contribution in [0.2, 0.25) is 10.0 Å². The van der Waals surface area contributed by atoms with Gasteiger partial charge >= 0.3 is 0 Å². The Balaban J connectivity index is 1.83. The van der Waals surface area contributed by atoms with Crippen molar-refractivity contribution < 1.29 is 4.79 Å². The predicted octanol–water partition coefficient (Wildman–Crippen LogP) is 7.01. The van der Waals surface area contributed by atoms with Gasteiger partial charge in [-0.3, -0.25) is 4.79 Å². The minimum atomic E-state index is -0.179. The van der Waals surface area contributed by atoms with Crippen molar-refractivity contribution in [3.05, 3.63) is 106 Å². The van der Waals surface area contributed by atoms with Crippen molar-refractivity contribution in [1.82, 2.24) is 4.57 Å². The van der Waals surface area contributed by atoms with Gasteiger partial charge in [-0.2, -0.15) is 0 Å². The van der Waals surface area contributed by atoms with Gasteiger partial charge in [-0.1, -0.05) is 53.5 Å². The van der Waals surface area contributed by atoms with Crippen molar-refractivity contribution in [2.24, 2.45) is 0 Å². The summed E-state index contributed by atoms with van der Waals surface area (Å²) in [5.41, 5.74) is 4.96. The summed E-state index contributed by atoms with van der Waals surface area (Å²) in [7, 11) is 0. The molecule has 29 heavy (non-hydrogen) atoms. The van der Waals surface area contributed by atoms with Crippen LogP contribution in [0.25, 0.3) is 16.9 Å². The van der Waals surface area contributed by atoms with Gasteiger partial charge in [0.1, 0.15) is 0 Å². The highest BCUT2D eigenvalue weighted by atomic mass is 35.5. The molecular weight excluding hydrogens is 403 g/mol. The Bertz CT molecular complexity index is 1150. The number of benzene rings is 3. The first-order chi connectivity index (χ1) is 14.0. The molecule has 0 saturated carbocycles. The van der Waals surface area contributed by atoms with Gasteiger partial charge in [-0.25, -0.2) is 0 Å². The molecule has 5 heteroatoms. The molecule has 1 amide bonds. The van der Waals surface area contributed by atoms with Crippen molar-refractivity contribution in [1.29, 1.82) is 0 Å². The minimum absolute atomic E-state index is 0.179. The van der Waals surface area contributed by atoms with E-state index in [1.807, 2.05) is 67.6 Å². The summed E-state index contributed by atoms with van der Waals surface area (Å²) in [4.78, 5) is 13.2. The van der Waals surface area contributed by atoms with E-state index in [0.717, 1.165) is 22.6 Å². The van der Waals surface area contributed by atoms with E-state index >= 15 is 0 Å². The minimum Gasteiger partial charge on any atom is -0.322 e. The van der Waals surface area contributed by atoms with E-state index in [1.54, 1.807) is 24.3 Å². The standard InChI is InChI=1S/C24H18Cl2N2O/c1-16-15-22(24(29)27-20-11-7-18(25)8-12-20)23(17-5-3-2-4-6-17)28(16)21-13-9-19(26)10-14-21/h2-15H,1H3,(H,27,29). The van der Waals surface area contributed by atoms with Gasteiger partial charge in [0.15, 0.2) is 0 Å². The molecule has 0 saturated heterocycles. The van der Waals surface area contributed by atoms with Crippen LogP contribution in [0.5, 0.6) is 0 Å². The lowest BCUT2D eigenvalue weighted by atomic mass is 10.1. The fraction of sp³-hybridized carbons (Fsp3) is 0.0417. The van der Waals surface area contributed by atoms with Gasteiger partial charge in [0.25, 0.3) is 5.91 Å². The van der Waals surface area contributed by atoms with Crippen LogP contribution >= 0.6 is 23.2 Å². The molecular formula is C24H18Cl2N2O. The number of nitrogens with zero attached hydrogens (tertiary/aromatic N) is 1. The number of hydrogen-bond acceptors (Lipinski definition) is 1. The molecule has 0 fully saturated rings. The maximum absolute atomic E-state index is 13.2. The maximum atomic E-state index is 13.2. The third-order valence-corrected chi connectivity index (χ3v) is 5.17. The number of rotatable bonds is 4. The second-order valence-corrected chi connectivity index (χ2v) is 7.56. The average Bonchev–Trinajstić information content (AvgIpc) is 3.08. The Labute approximate surface area is 179 Å². The monoisotopic (exact) mass is 420 g/mol. The van der Waals surface area contributed by atoms with Crippen LogP contribution in [0.4, 0.5) is 5.69 Å². The van der Waals surface area contributed by atoms with Crippen LogP contribution in [0, 0.1) is 6.92 Å². The van der Waals surface area contributed by atoms with Gasteiger partial charge < -0.3 is 9.88 Å². The van der Waals surface area contributed by atoms with E-state index in [4.69, 9.17) is 23.2 Å². The van der Waals surface area contributed by atoms with Crippen molar-refractivity contribution in [3.8, 4) is 16.9 Å². The number of amides is 1. The van der Waals surface area contributed by atoms with E-state index < -0.39 is 0 Å². The quantitative estimate of drug-likeness (QED) is 0.378. The smallest absolute Gasteiger partial charge is 0.257 e. The van der Waals surface area contributed by atoms with Gasteiger partial charge in [-0.05, 0) is 67.1 Å². The molecule has 144 valence electrons. The molecule has 1 aromatic heterocycles. The first-order valence-electron chi connectivity index (χ1n) is 9.13. The Hall–Kier alpha value is -3.01. The number of carbonyl (C=O) groups is 1. The average molecular weight is 421 g/mol. The Morgan fingerprint density at radius 1 is 0.828 bits per heavy atom. The molecule has 1 N–H and O–H groups in total. The molecule has 3 nitrogen and oxygen atoms in total. The molecule has 0 spiro atoms. The maximum Gasteiger partial charge on any atom is 0.257 e. The van der Waals surface area contributed by atoms with Crippen molar-refractivity contribution >= 4 is 34.8 Å². The highest BCUT2D eigenvalue weighted by Gasteiger charge is 2.21. The summed E-state index contributed by atoms with van der Waals surface area (Å²) in [5, 5.41) is 4.25. The van der Waals surface area contributed by atoms with E-state index in [0.29, 0.717) is 21.3 Å². The molecule has 0 unspecified atom stereocenters. The fourth-order valence-electron chi connectivity index (χ4n) is 3.35. The zero-order chi connectivity index (χ0) is 20.4. The van der Waals surface area contributed by atoms with Gasteiger partial charge in [-0.15, -0.1) is 0 Å². The molecule has 0 radical (unpaired) electrons. The number of aromatic nitrogens is 1. The van der Waals surface area contributed by atoms with Crippen molar-refractivity contribution in [2.45, 2.75) is 6.92 Å². The lowest BCUT2D eigenvalue weighted by Crippen LogP contribution is -2.13. The summed E-state index contributed by atoms with van der Waals surface area (Å²) in [6.45, 7) is 1.99. The van der Waals surface area contributed by atoms with E-state index in [1.165, 1.54) is 0 Å². The Morgan fingerprint density at radius 3 is 2.03 bits per heavy atom. The second-order valence-electron chi connectivity index (χ2n) is 6.69. The molecule has 0 aliphatic rings. The highest BCUT2D eigenvalue weighted by Crippen LogP contribution is 2.32. The summed E-state index contributed by atoms with van der Waals surface area (Å²) in [6.07, 6.45) is 0. The molecule has 0 bridgehead atoms. The van der Waals surface area contributed by atoms with Crippen LogP contribution in [-0.4, -0.2) is 10.5 Å². The van der Waals surface area contributed by atoms with E-state index in [9.17, 15) is 4.79 Å². The summed E-state index contributed by atoms with van der Waals surface area (Å²) in [6, 6.07) is 26.4. The molecule has 0 aliphatic carbocycles. The van der Waals surface area contributed by atoms with Crippen LogP contribution in [0.15, 0.2) is 84.9 Å². The topological polar surface area (TPSA) is 34.0 Å². The van der Waals surface area contributed by atoms with E-state index in [2.05, 4.69) is 9.88 Å². The van der Waals surface area contributed by atoms with Gasteiger partial charge in [0.05, 0.1) is 11.3 Å². The lowest BCUT2D eigenvalue weighted by Gasteiger charge is -2.14. The summed E-state index contributed by atoms with van der Waals surface area (Å²) >= 11 is 12.0. The molecule has 1 heterocycles. The Morgan fingerprint density at radius 2 is 1.41 bits per heavy atom. The number of aryl methyl sites for hydroxylation is 1. The highest BCUT2D eigenvalue weighted by molar-refractivity contribution is 6.31. The number of hydrogen-bond donors (Lipinski definition) is 1. The Kier molecular flexibility index (Phi) is 5.43. The fourth-order valence-corrected chi connectivity index (χ4v) is 3.60. The third-order valence-electron chi connectivity index (χ3n) is 4.66. The van der Waals surface area contributed by atoms with Crippen LogP contribution < -0.4 is 5.32 Å². The van der Waals surface area contributed by atoms with Gasteiger partial charge in [0, 0.05) is 27.1 Å².